The molecule has 8 heteroatoms. The lowest BCUT2D eigenvalue weighted by Gasteiger charge is -2.34. The molecule has 31 heavy (non-hydrogen) atoms. The number of hydrogen-bond donors (Lipinski definition) is 0. The Hall–Kier alpha value is -2.97. The number of esters is 2. The van der Waals surface area contributed by atoms with Crippen molar-refractivity contribution in [3.05, 3.63) is 78.4 Å². The van der Waals surface area contributed by atoms with Gasteiger partial charge in [0.05, 0.1) is 25.2 Å². The summed E-state index contributed by atoms with van der Waals surface area (Å²) in [5.74, 6) is -1.72. The van der Waals surface area contributed by atoms with Crippen LogP contribution in [0.4, 0.5) is 0 Å². The Kier molecular flexibility index (Phi) is 6.33. The quantitative estimate of drug-likeness (QED) is 0.387. The maximum absolute atomic E-state index is 13.8. The fourth-order valence-corrected chi connectivity index (χ4v) is 6.00. The van der Waals surface area contributed by atoms with E-state index in [0.29, 0.717) is 5.56 Å². The van der Waals surface area contributed by atoms with Gasteiger partial charge in [-0.15, -0.1) is 6.58 Å². The van der Waals surface area contributed by atoms with Gasteiger partial charge < -0.3 is 9.47 Å². The first kappa shape index (κ1) is 22.7. The zero-order chi connectivity index (χ0) is 22.8. The molecule has 2 aromatic rings. The minimum Gasteiger partial charge on any atom is -0.468 e. The van der Waals surface area contributed by atoms with Gasteiger partial charge >= 0.3 is 11.9 Å². The van der Waals surface area contributed by atoms with Gasteiger partial charge in [0.15, 0.2) is 5.41 Å². The molecule has 1 fully saturated rings. The summed E-state index contributed by atoms with van der Waals surface area (Å²) in [5, 5.41) is 0. The monoisotopic (exact) mass is 443 g/mol. The number of carbonyl (C=O) groups is 2. The van der Waals surface area contributed by atoms with Crippen molar-refractivity contribution in [2.24, 2.45) is 5.41 Å². The summed E-state index contributed by atoms with van der Waals surface area (Å²) in [6.07, 6.45) is 1.27. The first-order valence-corrected chi connectivity index (χ1v) is 11.1. The summed E-state index contributed by atoms with van der Waals surface area (Å²) < 4.78 is 38.7. The lowest BCUT2D eigenvalue weighted by molar-refractivity contribution is -0.170. The van der Waals surface area contributed by atoms with Gasteiger partial charge in [-0.3, -0.25) is 9.59 Å². The van der Waals surface area contributed by atoms with Gasteiger partial charge in [-0.1, -0.05) is 54.1 Å². The van der Waals surface area contributed by atoms with Gasteiger partial charge in [0.2, 0.25) is 10.0 Å². The summed E-state index contributed by atoms with van der Waals surface area (Å²) in [6, 6.07) is 12.9. The molecule has 0 radical (unpaired) electrons. The van der Waals surface area contributed by atoms with Crippen LogP contribution in [0.5, 0.6) is 0 Å². The van der Waals surface area contributed by atoms with Gasteiger partial charge in [-0.05, 0) is 31.0 Å². The summed E-state index contributed by atoms with van der Waals surface area (Å²) >= 11 is 0. The largest absolute Gasteiger partial charge is 0.468 e. The smallest absolute Gasteiger partial charge is 0.325 e. The number of nitrogens with zero attached hydrogens (tertiary/aromatic N) is 1. The lowest BCUT2D eigenvalue weighted by Crippen LogP contribution is -2.47. The molecule has 0 spiro atoms. The number of sulfonamides is 1. The predicted octanol–water partition coefficient (Wildman–Crippen LogP) is 3.02. The average Bonchev–Trinajstić information content (AvgIpc) is 3.16. The van der Waals surface area contributed by atoms with Crippen LogP contribution < -0.4 is 0 Å². The van der Waals surface area contributed by atoms with Crippen LogP contribution in [0.25, 0.3) is 0 Å². The third kappa shape index (κ3) is 3.66. The summed E-state index contributed by atoms with van der Waals surface area (Å²) in [5.41, 5.74) is -0.515. The Morgan fingerprint density at radius 2 is 1.58 bits per heavy atom. The van der Waals surface area contributed by atoms with E-state index in [9.17, 15) is 18.0 Å². The van der Waals surface area contributed by atoms with E-state index in [2.05, 4.69) is 6.58 Å². The second-order valence-corrected chi connectivity index (χ2v) is 9.27. The first-order valence-electron chi connectivity index (χ1n) is 9.68. The van der Waals surface area contributed by atoms with Crippen LogP contribution in [0.15, 0.2) is 72.1 Å². The minimum atomic E-state index is -4.12. The minimum absolute atomic E-state index is 0.0522. The topological polar surface area (TPSA) is 90.0 Å². The Morgan fingerprint density at radius 1 is 1.03 bits per heavy atom. The Morgan fingerprint density at radius 3 is 2.06 bits per heavy atom. The number of aryl methyl sites for hydroxylation is 1. The van der Waals surface area contributed by atoms with Gasteiger partial charge in [-0.25, -0.2) is 8.42 Å². The molecule has 1 saturated heterocycles. The highest BCUT2D eigenvalue weighted by molar-refractivity contribution is 7.89. The molecule has 0 amide bonds. The zero-order valence-corrected chi connectivity index (χ0v) is 18.5. The highest BCUT2D eigenvalue weighted by atomic mass is 32.2. The first-order chi connectivity index (χ1) is 14.7. The van der Waals surface area contributed by atoms with Crippen LogP contribution in [0.1, 0.15) is 23.6 Å². The predicted molar refractivity (Wildman–Crippen MR) is 114 cm³/mol. The number of methoxy groups -OCH3 is 2. The van der Waals surface area contributed by atoms with Crippen molar-refractivity contribution in [1.29, 1.82) is 0 Å². The molecular formula is C23H25NO6S. The Bertz CT molecular complexity index is 1060. The summed E-state index contributed by atoms with van der Waals surface area (Å²) in [7, 11) is -1.80. The molecule has 0 saturated carbocycles. The van der Waals surface area contributed by atoms with Crippen LogP contribution in [-0.4, -0.2) is 44.9 Å². The lowest BCUT2D eigenvalue weighted by atomic mass is 9.76. The Labute approximate surface area is 182 Å². The highest BCUT2D eigenvalue weighted by Gasteiger charge is 2.66. The molecule has 1 heterocycles. The van der Waals surface area contributed by atoms with Crippen molar-refractivity contribution in [3.8, 4) is 0 Å². The fourth-order valence-electron chi connectivity index (χ4n) is 4.18. The standard InChI is InChI=1S/C23H25NO6S/c1-5-18-15-23(21(25)29-3,22(26)30-4)20(17-9-7-6-8-10-17)24(18)31(27,28)19-13-11-16(2)12-14-19/h5-14,18,20H,1,15H2,2-4H3. The molecule has 2 aromatic carbocycles. The number of hydrogen-bond acceptors (Lipinski definition) is 6. The van der Waals surface area contributed by atoms with E-state index in [0.717, 1.165) is 19.8 Å². The fraction of sp³-hybridized carbons (Fsp3) is 0.304. The van der Waals surface area contributed by atoms with Crippen molar-refractivity contribution < 1.29 is 27.5 Å². The second-order valence-electron chi connectivity index (χ2n) is 7.42. The molecule has 2 atom stereocenters. The van der Waals surface area contributed by atoms with Gasteiger partial charge in [0.25, 0.3) is 0 Å². The normalized spacial score (nSPS) is 20.7. The van der Waals surface area contributed by atoms with Crippen LogP contribution in [0.3, 0.4) is 0 Å². The van der Waals surface area contributed by atoms with E-state index in [4.69, 9.17) is 9.47 Å². The van der Waals surface area contributed by atoms with E-state index in [-0.39, 0.29) is 11.3 Å². The number of benzene rings is 2. The molecular weight excluding hydrogens is 418 g/mol. The van der Waals surface area contributed by atoms with Gasteiger partial charge in [0, 0.05) is 6.04 Å². The van der Waals surface area contributed by atoms with E-state index >= 15 is 0 Å². The third-order valence-corrected chi connectivity index (χ3v) is 7.57. The highest BCUT2D eigenvalue weighted by Crippen LogP contribution is 2.54. The van der Waals surface area contributed by atoms with Crippen molar-refractivity contribution in [2.75, 3.05) is 14.2 Å². The van der Waals surface area contributed by atoms with Crippen LogP contribution in [0, 0.1) is 12.3 Å². The molecule has 3 rings (SSSR count). The van der Waals surface area contributed by atoms with Gasteiger partial charge in [0.1, 0.15) is 0 Å². The van der Waals surface area contributed by atoms with Crippen LogP contribution >= 0.6 is 0 Å². The van der Waals surface area contributed by atoms with Gasteiger partial charge in [-0.2, -0.15) is 4.31 Å². The van der Waals surface area contributed by atoms with Crippen molar-refractivity contribution >= 4 is 22.0 Å². The van der Waals surface area contributed by atoms with E-state index in [1.807, 2.05) is 6.92 Å². The van der Waals surface area contributed by atoms with Crippen LogP contribution in [-0.2, 0) is 29.1 Å². The van der Waals surface area contributed by atoms with Crippen LogP contribution in [0.2, 0.25) is 0 Å². The van der Waals surface area contributed by atoms with Crippen molar-refractivity contribution in [2.45, 2.75) is 30.3 Å². The van der Waals surface area contributed by atoms with E-state index < -0.39 is 39.5 Å². The van der Waals surface area contributed by atoms with Crippen molar-refractivity contribution in [1.82, 2.24) is 4.31 Å². The third-order valence-electron chi connectivity index (χ3n) is 5.66. The van der Waals surface area contributed by atoms with E-state index in [1.54, 1.807) is 42.5 Å². The number of rotatable bonds is 6. The molecule has 0 bridgehead atoms. The maximum atomic E-state index is 13.8. The molecule has 7 nitrogen and oxygen atoms in total. The molecule has 0 aromatic heterocycles. The number of carbonyl (C=O) groups excluding carboxylic acids is 2. The molecule has 1 aliphatic heterocycles. The zero-order valence-electron chi connectivity index (χ0n) is 17.6. The molecule has 2 unspecified atom stereocenters. The average molecular weight is 444 g/mol. The maximum Gasteiger partial charge on any atom is 0.325 e. The molecule has 164 valence electrons. The second kappa shape index (κ2) is 8.64. The molecule has 0 N–H and O–H groups in total. The Balaban J connectivity index is 2.32. The number of ether oxygens (including phenoxy) is 2. The van der Waals surface area contributed by atoms with E-state index in [1.165, 1.54) is 22.5 Å². The SMILES string of the molecule is C=CC1CC(C(=O)OC)(C(=O)OC)C(c2ccccc2)N1S(=O)(=O)c1ccc(C)cc1. The van der Waals surface area contributed by atoms with Crippen molar-refractivity contribution in [3.63, 3.8) is 0 Å². The molecule has 0 aliphatic carbocycles. The summed E-state index contributed by atoms with van der Waals surface area (Å²) in [6.45, 7) is 5.62. The summed E-state index contributed by atoms with van der Waals surface area (Å²) in [4.78, 5) is 26.2. The molecule has 1 aliphatic rings.